The highest BCUT2D eigenvalue weighted by Crippen LogP contribution is 2.34. The fourth-order valence-corrected chi connectivity index (χ4v) is 2.05. The van der Waals surface area contributed by atoms with Crippen LogP contribution in [0.4, 0.5) is 5.69 Å². The predicted molar refractivity (Wildman–Crippen MR) is 68.6 cm³/mol. The lowest BCUT2D eigenvalue weighted by Crippen LogP contribution is -2.28. The van der Waals surface area contributed by atoms with E-state index in [9.17, 15) is 0 Å². The smallest absolute Gasteiger partial charge is 0.185 e. The molecular formula is C13H15N3O. The molecule has 0 atom stereocenters. The zero-order valence-electron chi connectivity index (χ0n) is 10.0. The average Bonchev–Trinajstić information content (AvgIpc) is 2.83. The summed E-state index contributed by atoms with van der Waals surface area (Å²) in [5.74, 6) is 2.52. The number of nitrogens with one attached hydrogen (secondary N) is 1. The second-order valence-corrected chi connectivity index (χ2v) is 4.33. The molecule has 88 valence electrons. The number of fused-ring (bicyclic) bond motifs is 1. The van der Waals surface area contributed by atoms with Gasteiger partial charge in [0.1, 0.15) is 0 Å². The Kier molecular flexibility index (Phi) is 2.28. The Morgan fingerprint density at radius 3 is 3.06 bits per heavy atom. The molecule has 2 aliphatic heterocycles. The molecule has 17 heavy (non-hydrogen) atoms. The van der Waals surface area contributed by atoms with E-state index in [0.29, 0.717) is 0 Å². The first kappa shape index (κ1) is 10.2. The highest BCUT2D eigenvalue weighted by molar-refractivity contribution is 5.99. The largest absolute Gasteiger partial charge is 0.450 e. The summed E-state index contributed by atoms with van der Waals surface area (Å²) in [4.78, 5) is 6.44. The van der Waals surface area contributed by atoms with E-state index in [-0.39, 0.29) is 0 Å². The van der Waals surface area contributed by atoms with Crippen LogP contribution in [0.25, 0.3) is 0 Å². The minimum Gasteiger partial charge on any atom is -0.450 e. The van der Waals surface area contributed by atoms with Crippen LogP contribution in [0.15, 0.2) is 35.2 Å². The summed E-state index contributed by atoms with van der Waals surface area (Å²) in [6.07, 6.45) is 1.97. The van der Waals surface area contributed by atoms with Crippen LogP contribution in [0.3, 0.4) is 0 Å². The molecule has 0 radical (unpaired) electrons. The maximum atomic E-state index is 5.87. The van der Waals surface area contributed by atoms with Crippen LogP contribution in [-0.2, 0) is 0 Å². The quantitative estimate of drug-likeness (QED) is 0.795. The fraction of sp³-hybridized carbons (Fsp3) is 0.308. The second kappa shape index (κ2) is 3.80. The monoisotopic (exact) mass is 229 g/mol. The first-order chi connectivity index (χ1) is 8.24. The van der Waals surface area contributed by atoms with Crippen LogP contribution in [0.1, 0.15) is 5.56 Å². The Bertz CT molecular complexity index is 519. The third-order valence-electron chi connectivity index (χ3n) is 2.93. The molecule has 2 heterocycles. The molecule has 4 nitrogen and oxygen atoms in total. The third kappa shape index (κ3) is 1.75. The Hall–Kier alpha value is -1.97. The van der Waals surface area contributed by atoms with Gasteiger partial charge in [-0.2, -0.15) is 0 Å². The Morgan fingerprint density at radius 2 is 2.29 bits per heavy atom. The summed E-state index contributed by atoms with van der Waals surface area (Å²) in [5.41, 5.74) is 2.32. The van der Waals surface area contributed by atoms with Gasteiger partial charge in [-0.1, -0.05) is 6.07 Å². The van der Waals surface area contributed by atoms with Crippen LogP contribution in [0, 0.1) is 6.92 Å². The molecule has 0 aromatic heterocycles. The van der Waals surface area contributed by atoms with Crippen LogP contribution < -0.4 is 15.0 Å². The molecule has 0 saturated heterocycles. The number of nitrogens with zero attached hydrogens (tertiary/aromatic N) is 2. The molecule has 2 aliphatic rings. The zero-order valence-corrected chi connectivity index (χ0v) is 10.0. The van der Waals surface area contributed by atoms with E-state index in [1.165, 1.54) is 5.56 Å². The van der Waals surface area contributed by atoms with Gasteiger partial charge in [0.2, 0.25) is 0 Å². The standard InChI is InChI=1S/C13H15N3O/c1-9-3-4-11-10(7-9)16(2)8-12(17-11)13-14-5-6-15-13/h3-4,7-8H,5-6H2,1-2H3,(H,14,15). The number of amidine groups is 1. The van der Waals surface area contributed by atoms with Gasteiger partial charge in [0.25, 0.3) is 0 Å². The van der Waals surface area contributed by atoms with Gasteiger partial charge in [0.15, 0.2) is 17.3 Å². The van der Waals surface area contributed by atoms with Crippen LogP contribution in [0.2, 0.25) is 0 Å². The Labute approximate surface area is 101 Å². The third-order valence-corrected chi connectivity index (χ3v) is 2.93. The lowest BCUT2D eigenvalue weighted by atomic mass is 10.2. The maximum Gasteiger partial charge on any atom is 0.185 e. The minimum atomic E-state index is 0.793. The van der Waals surface area contributed by atoms with E-state index in [0.717, 1.165) is 36.1 Å². The summed E-state index contributed by atoms with van der Waals surface area (Å²) in [7, 11) is 2.02. The normalized spacial score (nSPS) is 17.9. The summed E-state index contributed by atoms with van der Waals surface area (Å²) in [6.45, 7) is 3.79. The molecule has 0 fully saturated rings. The van der Waals surface area contributed by atoms with Crippen molar-refractivity contribution in [1.82, 2.24) is 5.32 Å². The molecule has 1 aromatic rings. The van der Waals surface area contributed by atoms with Gasteiger partial charge in [-0.15, -0.1) is 0 Å². The molecule has 3 rings (SSSR count). The van der Waals surface area contributed by atoms with E-state index in [2.05, 4.69) is 34.3 Å². The first-order valence-electron chi connectivity index (χ1n) is 5.76. The van der Waals surface area contributed by atoms with Crippen molar-refractivity contribution in [2.75, 3.05) is 25.0 Å². The van der Waals surface area contributed by atoms with Crippen molar-refractivity contribution in [2.45, 2.75) is 6.92 Å². The molecule has 0 unspecified atom stereocenters. The highest BCUT2D eigenvalue weighted by Gasteiger charge is 2.21. The number of hydrogen-bond donors (Lipinski definition) is 1. The minimum absolute atomic E-state index is 0.793. The number of aryl methyl sites for hydroxylation is 1. The van der Waals surface area contributed by atoms with Gasteiger partial charge in [0, 0.05) is 13.6 Å². The van der Waals surface area contributed by atoms with Crippen LogP contribution in [0.5, 0.6) is 5.75 Å². The van der Waals surface area contributed by atoms with E-state index >= 15 is 0 Å². The van der Waals surface area contributed by atoms with E-state index in [4.69, 9.17) is 4.74 Å². The molecule has 1 N–H and O–H groups in total. The Balaban J connectivity index is 1.97. The van der Waals surface area contributed by atoms with Crippen molar-refractivity contribution in [1.29, 1.82) is 0 Å². The van der Waals surface area contributed by atoms with Crippen molar-refractivity contribution in [3.8, 4) is 5.75 Å². The van der Waals surface area contributed by atoms with E-state index in [1.54, 1.807) is 0 Å². The maximum absolute atomic E-state index is 5.87. The second-order valence-electron chi connectivity index (χ2n) is 4.33. The van der Waals surface area contributed by atoms with Gasteiger partial charge in [-0.25, -0.2) is 0 Å². The number of rotatable bonds is 1. The average molecular weight is 229 g/mol. The fourth-order valence-electron chi connectivity index (χ4n) is 2.05. The summed E-state index contributed by atoms with van der Waals surface area (Å²) < 4.78 is 5.87. The molecule has 0 saturated carbocycles. The van der Waals surface area contributed by atoms with Crippen LogP contribution >= 0.6 is 0 Å². The topological polar surface area (TPSA) is 36.9 Å². The van der Waals surface area contributed by atoms with Crippen molar-refractivity contribution in [3.63, 3.8) is 0 Å². The predicted octanol–water partition coefficient (Wildman–Crippen LogP) is 1.67. The zero-order chi connectivity index (χ0) is 11.8. The van der Waals surface area contributed by atoms with Crippen molar-refractivity contribution in [3.05, 3.63) is 35.7 Å². The van der Waals surface area contributed by atoms with Gasteiger partial charge in [-0.3, -0.25) is 4.99 Å². The Morgan fingerprint density at radius 1 is 1.41 bits per heavy atom. The molecule has 0 aliphatic carbocycles. The molecular weight excluding hydrogens is 214 g/mol. The lowest BCUT2D eigenvalue weighted by Gasteiger charge is -2.26. The number of aliphatic imine (C=N–C) groups is 1. The van der Waals surface area contributed by atoms with Gasteiger partial charge >= 0.3 is 0 Å². The van der Waals surface area contributed by atoms with Crippen molar-refractivity contribution >= 4 is 11.5 Å². The van der Waals surface area contributed by atoms with Gasteiger partial charge in [0.05, 0.1) is 18.4 Å². The number of anilines is 1. The van der Waals surface area contributed by atoms with Crippen molar-refractivity contribution < 1.29 is 4.74 Å². The molecule has 1 aromatic carbocycles. The molecule has 0 spiro atoms. The van der Waals surface area contributed by atoms with Crippen molar-refractivity contribution in [2.24, 2.45) is 4.99 Å². The summed E-state index contributed by atoms with van der Waals surface area (Å²) in [6, 6.07) is 6.18. The van der Waals surface area contributed by atoms with E-state index in [1.807, 2.05) is 19.3 Å². The van der Waals surface area contributed by atoms with Crippen LogP contribution in [-0.4, -0.2) is 26.0 Å². The van der Waals surface area contributed by atoms with Gasteiger partial charge in [-0.05, 0) is 24.6 Å². The molecule has 0 amide bonds. The number of hydrogen-bond acceptors (Lipinski definition) is 4. The SMILES string of the molecule is Cc1ccc2c(c1)N(C)C=C(C1=NCCN1)O2. The highest BCUT2D eigenvalue weighted by atomic mass is 16.5. The number of ether oxygens (including phenoxy) is 1. The summed E-state index contributed by atoms with van der Waals surface area (Å²) >= 11 is 0. The summed E-state index contributed by atoms with van der Waals surface area (Å²) in [5, 5.41) is 3.22. The molecule has 4 heteroatoms. The lowest BCUT2D eigenvalue weighted by molar-refractivity contribution is 0.442. The molecule has 0 bridgehead atoms. The van der Waals surface area contributed by atoms with E-state index < -0.39 is 0 Å². The number of benzene rings is 1. The first-order valence-corrected chi connectivity index (χ1v) is 5.76. The van der Waals surface area contributed by atoms with Gasteiger partial charge < -0.3 is 15.0 Å².